The van der Waals surface area contributed by atoms with E-state index in [0.717, 1.165) is 30.1 Å². The van der Waals surface area contributed by atoms with Crippen molar-refractivity contribution in [3.8, 4) is 0 Å². The largest absolute Gasteiger partial charge is 0.462 e. The van der Waals surface area contributed by atoms with Gasteiger partial charge in [0.1, 0.15) is 12.7 Å². The molecule has 0 N–H and O–H groups in total. The van der Waals surface area contributed by atoms with Crippen LogP contribution >= 0.6 is 0 Å². The highest BCUT2D eigenvalue weighted by atomic mass is 16.6. The molecule has 0 amide bonds. The van der Waals surface area contributed by atoms with Crippen LogP contribution < -0.4 is 0 Å². The van der Waals surface area contributed by atoms with E-state index in [9.17, 15) is 9.59 Å². The second-order valence-corrected chi connectivity index (χ2v) is 11.1. The van der Waals surface area contributed by atoms with E-state index in [1.54, 1.807) is 0 Å². The first-order chi connectivity index (χ1) is 13.8. The monoisotopic (exact) mass is 404 g/mol. The Labute approximate surface area is 176 Å². The van der Waals surface area contributed by atoms with Crippen molar-refractivity contribution in [2.75, 3.05) is 6.61 Å². The van der Waals surface area contributed by atoms with Crippen LogP contribution in [0.1, 0.15) is 91.9 Å². The molecular weight excluding hydrogens is 364 g/mol. The molecule has 8 atom stereocenters. The van der Waals surface area contributed by atoms with E-state index in [1.165, 1.54) is 71.6 Å². The van der Waals surface area contributed by atoms with Gasteiger partial charge in [0, 0.05) is 19.8 Å². The Kier molecular flexibility index (Phi) is 5.76. The Morgan fingerprint density at radius 3 is 2.34 bits per heavy atom. The Hall–Kier alpha value is -1.06. The van der Waals surface area contributed by atoms with Gasteiger partial charge in [0.05, 0.1) is 0 Å². The molecule has 0 aromatic carbocycles. The van der Waals surface area contributed by atoms with E-state index in [-0.39, 0.29) is 30.1 Å². The number of ether oxygens (including phenoxy) is 2. The highest BCUT2D eigenvalue weighted by molar-refractivity contribution is 5.67. The van der Waals surface area contributed by atoms with Crippen molar-refractivity contribution in [3.63, 3.8) is 0 Å². The SMILES string of the molecule is CC(=O)OC[C@@H](OC(C)=O)[C@@H]1CC[C@@H]2[C@H]3CC[C@H]4CCCC[C@]4(C)[C@@H]3CC[C@]21C. The van der Waals surface area contributed by atoms with Gasteiger partial charge >= 0.3 is 11.9 Å². The number of hydrogen-bond acceptors (Lipinski definition) is 4. The van der Waals surface area contributed by atoms with Gasteiger partial charge in [-0.2, -0.15) is 0 Å². The zero-order valence-electron chi connectivity index (χ0n) is 18.9. The van der Waals surface area contributed by atoms with Crippen molar-refractivity contribution in [1.82, 2.24) is 0 Å². The molecular formula is C25H40O4. The fourth-order valence-electron chi connectivity index (χ4n) is 8.59. The topological polar surface area (TPSA) is 52.6 Å². The predicted molar refractivity (Wildman–Crippen MR) is 112 cm³/mol. The highest BCUT2D eigenvalue weighted by Crippen LogP contribution is 2.67. The van der Waals surface area contributed by atoms with Gasteiger partial charge in [-0.15, -0.1) is 0 Å². The molecule has 4 heteroatoms. The van der Waals surface area contributed by atoms with Crippen LogP contribution in [0.3, 0.4) is 0 Å². The molecule has 4 fully saturated rings. The summed E-state index contributed by atoms with van der Waals surface area (Å²) in [5.41, 5.74) is 0.743. The molecule has 4 rings (SSSR count). The number of carbonyl (C=O) groups excluding carboxylic acids is 2. The first kappa shape index (κ1) is 21.2. The van der Waals surface area contributed by atoms with Crippen molar-refractivity contribution >= 4 is 11.9 Å². The summed E-state index contributed by atoms with van der Waals surface area (Å²) in [5, 5.41) is 0. The smallest absolute Gasteiger partial charge is 0.303 e. The quantitative estimate of drug-likeness (QED) is 0.578. The molecule has 0 radical (unpaired) electrons. The molecule has 4 aliphatic carbocycles. The first-order valence-corrected chi connectivity index (χ1v) is 12.1. The molecule has 0 unspecified atom stereocenters. The van der Waals surface area contributed by atoms with Crippen LogP contribution in [0.25, 0.3) is 0 Å². The summed E-state index contributed by atoms with van der Waals surface area (Å²) >= 11 is 0. The second-order valence-electron chi connectivity index (χ2n) is 11.1. The highest BCUT2D eigenvalue weighted by Gasteiger charge is 2.61. The summed E-state index contributed by atoms with van der Waals surface area (Å²) in [5.74, 6) is 3.10. The predicted octanol–water partition coefficient (Wildman–Crippen LogP) is 5.53. The first-order valence-electron chi connectivity index (χ1n) is 12.1. The molecule has 0 aliphatic heterocycles. The summed E-state index contributed by atoms with van der Waals surface area (Å²) in [6.07, 6.45) is 13.1. The normalized spacial score (nSPS) is 44.8. The molecule has 29 heavy (non-hydrogen) atoms. The molecule has 0 bridgehead atoms. The van der Waals surface area contributed by atoms with Crippen molar-refractivity contribution in [3.05, 3.63) is 0 Å². The van der Waals surface area contributed by atoms with E-state index >= 15 is 0 Å². The molecule has 0 spiro atoms. The number of rotatable bonds is 4. The van der Waals surface area contributed by atoms with Crippen LogP contribution in [0.2, 0.25) is 0 Å². The summed E-state index contributed by atoms with van der Waals surface area (Å²) in [6, 6.07) is 0. The van der Waals surface area contributed by atoms with Crippen LogP contribution in [-0.4, -0.2) is 24.6 Å². The molecule has 4 nitrogen and oxygen atoms in total. The molecule has 4 saturated carbocycles. The summed E-state index contributed by atoms with van der Waals surface area (Å²) in [4.78, 5) is 23.2. The minimum atomic E-state index is -0.301. The lowest BCUT2D eigenvalue weighted by molar-refractivity contribution is -0.167. The molecule has 0 aromatic rings. The molecule has 4 aliphatic rings. The van der Waals surface area contributed by atoms with Gasteiger partial charge in [-0.1, -0.05) is 26.7 Å². The van der Waals surface area contributed by atoms with Crippen molar-refractivity contribution in [2.24, 2.45) is 40.4 Å². The minimum Gasteiger partial charge on any atom is -0.462 e. The zero-order valence-corrected chi connectivity index (χ0v) is 18.9. The molecule has 0 aromatic heterocycles. The number of esters is 2. The maximum atomic E-state index is 11.8. The lowest BCUT2D eigenvalue weighted by Gasteiger charge is -2.60. The van der Waals surface area contributed by atoms with Crippen LogP contribution in [0, 0.1) is 40.4 Å². The van der Waals surface area contributed by atoms with Crippen LogP contribution in [0.5, 0.6) is 0 Å². The van der Waals surface area contributed by atoms with Gasteiger partial charge in [0.2, 0.25) is 0 Å². The van der Waals surface area contributed by atoms with Crippen molar-refractivity contribution < 1.29 is 19.1 Å². The Morgan fingerprint density at radius 2 is 1.62 bits per heavy atom. The number of hydrogen-bond donors (Lipinski definition) is 0. The maximum absolute atomic E-state index is 11.8. The van der Waals surface area contributed by atoms with E-state index in [4.69, 9.17) is 9.47 Å². The summed E-state index contributed by atoms with van der Waals surface area (Å²) in [6.45, 7) is 8.17. The Morgan fingerprint density at radius 1 is 0.862 bits per heavy atom. The summed E-state index contributed by atoms with van der Waals surface area (Å²) < 4.78 is 11.0. The van der Waals surface area contributed by atoms with Crippen LogP contribution in [-0.2, 0) is 19.1 Å². The molecule has 0 heterocycles. The fraction of sp³-hybridized carbons (Fsp3) is 0.920. The van der Waals surface area contributed by atoms with Gasteiger partial charge in [0.25, 0.3) is 0 Å². The summed E-state index contributed by atoms with van der Waals surface area (Å²) in [7, 11) is 0. The third-order valence-electron chi connectivity index (χ3n) is 9.87. The average Bonchev–Trinajstić information content (AvgIpc) is 3.01. The Balaban J connectivity index is 1.55. The number of carbonyl (C=O) groups is 2. The average molecular weight is 405 g/mol. The molecule has 0 saturated heterocycles. The van der Waals surface area contributed by atoms with Gasteiger partial charge in [0.15, 0.2) is 0 Å². The lowest BCUT2D eigenvalue weighted by atomic mass is 9.45. The van der Waals surface area contributed by atoms with Gasteiger partial charge in [-0.25, -0.2) is 0 Å². The van der Waals surface area contributed by atoms with Crippen LogP contribution in [0.4, 0.5) is 0 Å². The van der Waals surface area contributed by atoms with Crippen LogP contribution in [0.15, 0.2) is 0 Å². The maximum Gasteiger partial charge on any atom is 0.303 e. The molecule has 164 valence electrons. The Bertz CT molecular complexity index is 645. The lowest BCUT2D eigenvalue weighted by Crippen LogP contribution is -2.53. The van der Waals surface area contributed by atoms with Gasteiger partial charge in [-0.05, 0) is 85.9 Å². The number of fused-ring (bicyclic) bond motifs is 5. The standard InChI is InChI=1S/C25H40O4/c1-16(26)28-15-23(29-17(2)27)22-11-10-20-19-9-8-18-7-5-6-13-24(18,3)21(19)12-14-25(20,22)4/h18-23H,5-15H2,1-4H3/t18-,19-,20-,21-,22+,23-,24+,25-/m1/s1. The van der Waals surface area contributed by atoms with E-state index in [2.05, 4.69) is 13.8 Å². The third kappa shape index (κ3) is 3.63. The van der Waals surface area contributed by atoms with Gasteiger partial charge < -0.3 is 9.47 Å². The van der Waals surface area contributed by atoms with E-state index in [0.29, 0.717) is 11.3 Å². The third-order valence-corrected chi connectivity index (χ3v) is 9.87. The second kappa shape index (κ2) is 7.89. The van der Waals surface area contributed by atoms with Crippen molar-refractivity contribution in [2.45, 2.75) is 98.0 Å². The fourth-order valence-corrected chi connectivity index (χ4v) is 8.59. The zero-order chi connectivity index (χ0) is 20.8. The van der Waals surface area contributed by atoms with Gasteiger partial charge in [-0.3, -0.25) is 9.59 Å². The van der Waals surface area contributed by atoms with Crippen molar-refractivity contribution in [1.29, 1.82) is 0 Å². The minimum absolute atomic E-state index is 0.194. The van der Waals surface area contributed by atoms with E-state index in [1.807, 2.05) is 0 Å². The van der Waals surface area contributed by atoms with E-state index < -0.39 is 0 Å².